The van der Waals surface area contributed by atoms with Crippen molar-refractivity contribution in [2.75, 3.05) is 14.1 Å². The Kier molecular flexibility index (Phi) is 4.05. The molecule has 0 aromatic heterocycles. The fourth-order valence-electron chi connectivity index (χ4n) is 1.97. The molecule has 18 heavy (non-hydrogen) atoms. The number of hydrogen-bond donors (Lipinski definition) is 0. The van der Waals surface area contributed by atoms with Crippen LogP contribution < -0.4 is 0 Å². The molecular weight excluding hydrogens is 287 g/mol. The molecule has 3 heteroatoms. The molecule has 2 aromatic carbocycles. The first-order valence-corrected chi connectivity index (χ1v) is 6.85. The molecule has 0 heterocycles. The molecular formula is C15H17N2Se. The second kappa shape index (κ2) is 5.55. The summed E-state index contributed by atoms with van der Waals surface area (Å²) in [5.41, 5.74) is 1.27. The van der Waals surface area contributed by atoms with Gasteiger partial charge in [-0.3, -0.25) is 0 Å². The molecule has 1 atom stereocenters. The first-order valence-electron chi connectivity index (χ1n) is 5.99. The predicted octanol–water partition coefficient (Wildman–Crippen LogP) is 2.99. The van der Waals surface area contributed by atoms with E-state index in [0.717, 1.165) is 4.73 Å². The van der Waals surface area contributed by atoms with Gasteiger partial charge in [0.1, 0.15) is 0 Å². The summed E-state index contributed by atoms with van der Waals surface area (Å²) < 4.78 is 0.926. The molecule has 0 aliphatic carbocycles. The maximum atomic E-state index is 4.68. The number of benzene rings is 2. The molecule has 0 aliphatic heterocycles. The molecule has 0 N–H and O–H groups in total. The van der Waals surface area contributed by atoms with Gasteiger partial charge < -0.3 is 0 Å². The molecule has 0 unspecified atom stereocenters. The van der Waals surface area contributed by atoms with E-state index in [4.69, 9.17) is 0 Å². The fraction of sp³-hybridized carbons (Fsp3) is 0.267. The van der Waals surface area contributed by atoms with Crippen LogP contribution >= 0.6 is 0 Å². The molecule has 0 fully saturated rings. The summed E-state index contributed by atoms with van der Waals surface area (Å²) >= 11 is 3.00. The van der Waals surface area contributed by atoms with Gasteiger partial charge >= 0.3 is 117 Å². The second-order valence-electron chi connectivity index (χ2n) is 4.55. The van der Waals surface area contributed by atoms with Gasteiger partial charge in [-0.05, 0) is 0 Å². The zero-order valence-corrected chi connectivity index (χ0v) is 12.6. The number of fused-ring (bicyclic) bond motifs is 1. The van der Waals surface area contributed by atoms with Crippen LogP contribution in [-0.2, 0) is 0 Å². The molecule has 2 rings (SSSR count). The van der Waals surface area contributed by atoms with Crippen LogP contribution in [0.3, 0.4) is 0 Å². The number of hydrogen-bond acceptors (Lipinski definition) is 1. The van der Waals surface area contributed by atoms with E-state index in [-0.39, 0.29) is 6.04 Å². The first kappa shape index (κ1) is 13.1. The third-order valence-electron chi connectivity index (χ3n) is 2.96. The fourth-order valence-corrected chi connectivity index (χ4v) is 2.30. The molecule has 0 saturated carbocycles. The van der Waals surface area contributed by atoms with Crippen molar-refractivity contribution in [2.45, 2.75) is 13.0 Å². The van der Waals surface area contributed by atoms with Crippen molar-refractivity contribution in [1.29, 1.82) is 0 Å². The first-order chi connectivity index (χ1) is 8.59. The third-order valence-corrected chi connectivity index (χ3v) is 3.95. The van der Waals surface area contributed by atoms with E-state index >= 15 is 0 Å². The normalized spacial score (nSPS) is 13.6. The van der Waals surface area contributed by atoms with E-state index in [2.05, 4.69) is 70.4 Å². The van der Waals surface area contributed by atoms with Crippen molar-refractivity contribution in [1.82, 2.24) is 4.90 Å². The Morgan fingerprint density at radius 3 is 2.50 bits per heavy atom. The summed E-state index contributed by atoms with van der Waals surface area (Å²) in [4.78, 5) is 6.67. The Hall–Kier alpha value is -1.31. The van der Waals surface area contributed by atoms with E-state index in [1.165, 1.54) is 16.3 Å². The van der Waals surface area contributed by atoms with Crippen molar-refractivity contribution >= 4 is 31.5 Å². The number of amidine groups is 1. The Morgan fingerprint density at radius 1 is 1.11 bits per heavy atom. The van der Waals surface area contributed by atoms with E-state index in [1.54, 1.807) is 0 Å². The van der Waals surface area contributed by atoms with E-state index in [0.29, 0.717) is 0 Å². The van der Waals surface area contributed by atoms with Crippen molar-refractivity contribution in [2.24, 2.45) is 4.99 Å². The average Bonchev–Trinajstić information content (AvgIpc) is 2.37. The van der Waals surface area contributed by atoms with Crippen LogP contribution in [0, 0.1) is 0 Å². The molecule has 1 radical (unpaired) electrons. The average molecular weight is 304 g/mol. The van der Waals surface area contributed by atoms with E-state index in [1.807, 2.05) is 19.0 Å². The zero-order valence-electron chi connectivity index (χ0n) is 10.9. The van der Waals surface area contributed by atoms with Crippen LogP contribution in [0.2, 0.25) is 0 Å². The summed E-state index contributed by atoms with van der Waals surface area (Å²) in [5, 5.41) is 2.55. The molecule has 0 amide bonds. The van der Waals surface area contributed by atoms with Gasteiger partial charge in [-0.15, -0.1) is 0 Å². The minimum absolute atomic E-state index is 0.148. The molecule has 93 valence electrons. The van der Waals surface area contributed by atoms with Gasteiger partial charge in [0, 0.05) is 0 Å². The Balaban J connectivity index is 2.45. The predicted molar refractivity (Wildman–Crippen MR) is 79.2 cm³/mol. The Labute approximate surface area is 117 Å². The second-order valence-corrected chi connectivity index (χ2v) is 5.32. The third kappa shape index (κ3) is 2.74. The van der Waals surface area contributed by atoms with Crippen molar-refractivity contribution < 1.29 is 0 Å². The van der Waals surface area contributed by atoms with Crippen LogP contribution in [0.4, 0.5) is 0 Å². The van der Waals surface area contributed by atoms with Gasteiger partial charge in [-0.2, -0.15) is 0 Å². The maximum absolute atomic E-state index is 4.68. The molecule has 2 aromatic rings. The minimum atomic E-state index is 0.148. The van der Waals surface area contributed by atoms with Crippen molar-refractivity contribution in [3.8, 4) is 0 Å². The summed E-state index contributed by atoms with van der Waals surface area (Å²) in [6, 6.07) is 15.0. The Morgan fingerprint density at radius 2 is 1.78 bits per heavy atom. The summed E-state index contributed by atoms with van der Waals surface area (Å²) in [6.45, 7) is 2.13. The van der Waals surface area contributed by atoms with Crippen LogP contribution in [0.5, 0.6) is 0 Å². The summed E-state index contributed by atoms with van der Waals surface area (Å²) in [7, 11) is 3.98. The SMILES string of the molecule is C[C@H](N=C([Se])N(C)C)c1cccc2ccccc12. The van der Waals surface area contributed by atoms with Gasteiger partial charge in [0.2, 0.25) is 0 Å². The topological polar surface area (TPSA) is 15.6 Å². The van der Waals surface area contributed by atoms with Crippen LogP contribution in [0.1, 0.15) is 18.5 Å². The molecule has 0 aliphatic rings. The van der Waals surface area contributed by atoms with Crippen LogP contribution in [0.15, 0.2) is 47.5 Å². The summed E-state index contributed by atoms with van der Waals surface area (Å²) in [6.07, 6.45) is 0. The van der Waals surface area contributed by atoms with Gasteiger partial charge in [-0.1, -0.05) is 0 Å². The monoisotopic (exact) mass is 305 g/mol. The molecule has 2 nitrogen and oxygen atoms in total. The van der Waals surface area contributed by atoms with Crippen molar-refractivity contribution in [3.05, 3.63) is 48.0 Å². The number of aliphatic imine (C=N–C) groups is 1. The van der Waals surface area contributed by atoms with Crippen LogP contribution in [-0.4, -0.2) is 39.7 Å². The van der Waals surface area contributed by atoms with Gasteiger partial charge in [0.15, 0.2) is 0 Å². The van der Waals surface area contributed by atoms with Gasteiger partial charge in [-0.25, -0.2) is 0 Å². The van der Waals surface area contributed by atoms with E-state index in [9.17, 15) is 0 Å². The molecule has 0 saturated heterocycles. The van der Waals surface area contributed by atoms with Crippen LogP contribution in [0.25, 0.3) is 10.8 Å². The zero-order chi connectivity index (χ0) is 13.1. The number of rotatable bonds is 2. The standard InChI is InChI=1S/C15H17N2Se/c1-11(16-15(18)17(2)3)13-10-6-8-12-7-4-5-9-14(12)13/h4-11H,1-3H3/t11-/m0/s1. The van der Waals surface area contributed by atoms with E-state index < -0.39 is 0 Å². The molecule has 0 spiro atoms. The summed E-state index contributed by atoms with van der Waals surface area (Å²) in [5.74, 6) is 0. The van der Waals surface area contributed by atoms with Crippen molar-refractivity contribution in [3.63, 3.8) is 0 Å². The number of nitrogens with zero attached hydrogens (tertiary/aromatic N) is 2. The van der Waals surface area contributed by atoms with Gasteiger partial charge in [0.25, 0.3) is 0 Å². The Bertz CT molecular complexity index is 570. The van der Waals surface area contributed by atoms with Gasteiger partial charge in [0.05, 0.1) is 0 Å². The quantitative estimate of drug-likeness (QED) is 0.473. The molecule has 0 bridgehead atoms.